The van der Waals surface area contributed by atoms with Gasteiger partial charge >= 0.3 is 5.91 Å². The minimum atomic E-state index is -1.31. The third kappa shape index (κ3) is 1.33. The molecule has 1 saturated heterocycles. The summed E-state index contributed by atoms with van der Waals surface area (Å²) in [5, 5.41) is 0. The molecule has 0 radical (unpaired) electrons. The number of Topliss-reactive ketones (excluding diaryl/α,β-unsaturated/α-hetero) is 1. The molecular weight excluding hydrogens is 144 g/mol. The molecule has 0 spiro atoms. The molecule has 2 N–H and O–H groups in total. The standard InChI is InChI=1S/C3H4N2O3S/c4-9-5-3(7)2(6)1-8-9/h1H2,(H2,4,5,7). The highest BCUT2D eigenvalue weighted by atomic mass is 32.2. The van der Waals surface area contributed by atoms with E-state index >= 15 is 0 Å². The summed E-state index contributed by atoms with van der Waals surface area (Å²) >= 11 is -1.31. The third-order valence-electron chi connectivity index (χ3n) is 0.747. The molecule has 1 fully saturated rings. The zero-order chi connectivity index (χ0) is 6.85. The summed E-state index contributed by atoms with van der Waals surface area (Å²) in [5.74, 6) is -1.34. The smallest absolute Gasteiger partial charge is 0.286 e. The number of rotatable bonds is 0. The minimum absolute atomic E-state index is 0.265. The highest BCUT2D eigenvalue weighted by Crippen LogP contribution is 1.91. The lowest BCUT2D eigenvalue weighted by atomic mass is 10.4. The van der Waals surface area contributed by atoms with Crippen molar-refractivity contribution in [3.63, 3.8) is 0 Å². The molecule has 5 nitrogen and oxygen atoms in total. The van der Waals surface area contributed by atoms with Crippen LogP contribution in [0.3, 0.4) is 0 Å². The van der Waals surface area contributed by atoms with Gasteiger partial charge in [0.15, 0.2) is 0 Å². The monoisotopic (exact) mass is 148 g/mol. The molecule has 6 heteroatoms. The van der Waals surface area contributed by atoms with Crippen LogP contribution in [0.15, 0.2) is 0 Å². The maximum Gasteiger partial charge on any atom is 0.302 e. The SMILES string of the molecule is N=S1NC(=O)C(=O)CO1. The lowest BCUT2D eigenvalue weighted by molar-refractivity contribution is -0.138. The van der Waals surface area contributed by atoms with Gasteiger partial charge in [-0.3, -0.25) is 18.5 Å². The molecule has 1 aliphatic heterocycles. The first kappa shape index (κ1) is 6.37. The second kappa shape index (κ2) is 2.24. The van der Waals surface area contributed by atoms with Crippen LogP contribution in [0.25, 0.3) is 0 Å². The third-order valence-corrected chi connectivity index (χ3v) is 1.47. The molecule has 0 saturated carbocycles. The van der Waals surface area contributed by atoms with E-state index in [2.05, 4.69) is 4.18 Å². The van der Waals surface area contributed by atoms with E-state index in [-0.39, 0.29) is 6.61 Å². The molecule has 0 aromatic rings. The topological polar surface area (TPSA) is 79.3 Å². The summed E-state index contributed by atoms with van der Waals surface area (Å²) in [7, 11) is 0. The number of nitrogens with one attached hydrogen (secondary N) is 2. The highest BCUT2D eigenvalue weighted by molar-refractivity contribution is 7.80. The first-order valence-electron chi connectivity index (χ1n) is 2.13. The summed E-state index contributed by atoms with van der Waals surface area (Å²) in [6, 6.07) is 0. The Balaban J connectivity index is 2.64. The van der Waals surface area contributed by atoms with Crippen molar-refractivity contribution in [3.05, 3.63) is 0 Å². The van der Waals surface area contributed by atoms with Gasteiger partial charge in [0.2, 0.25) is 5.78 Å². The van der Waals surface area contributed by atoms with Crippen LogP contribution >= 0.6 is 0 Å². The summed E-state index contributed by atoms with van der Waals surface area (Å²) in [6.07, 6.45) is 0. The summed E-state index contributed by atoms with van der Waals surface area (Å²) in [5.41, 5.74) is 0. The predicted molar refractivity (Wildman–Crippen MR) is 29.2 cm³/mol. The van der Waals surface area contributed by atoms with Crippen LogP contribution in [0.5, 0.6) is 0 Å². The van der Waals surface area contributed by atoms with Crippen molar-refractivity contribution in [2.45, 2.75) is 0 Å². The molecule has 9 heavy (non-hydrogen) atoms. The van der Waals surface area contributed by atoms with Crippen LogP contribution in [0.1, 0.15) is 0 Å². The fraction of sp³-hybridized carbons (Fsp3) is 0.333. The van der Waals surface area contributed by atoms with Crippen molar-refractivity contribution in [2.24, 2.45) is 0 Å². The van der Waals surface area contributed by atoms with E-state index in [4.69, 9.17) is 4.78 Å². The quantitative estimate of drug-likeness (QED) is 0.428. The molecule has 0 aromatic carbocycles. The molecule has 1 unspecified atom stereocenters. The zero-order valence-electron chi connectivity index (χ0n) is 4.34. The van der Waals surface area contributed by atoms with E-state index in [9.17, 15) is 9.59 Å². The zero-order valence-corrected chi connectivity index (χ0v) is 5.16. The number of carbonyl (C=O) groups is 2. The number of ketones is 1. The van der Waals surface area contributed by atoms with Gasteiger partial charge in [-0.15, -0.1) is 0 Å². The Morgan fingerprint density at radius 3 is 2.78 bits per heavy atom. The van der Waals surface area contributed by atoms with Crippen molar-refractivity contribution in [1.82, 2.24) is 4.72 Å². The molecule has 1 rings (SSSR count). The average Bonchev–Trinajstić information content (AvgIpc) is 1.80. The summed E-state index contributed by atoms with van der Waals surface area (Å²) in [4.78, 5) is 20.7. The van der Waals surface area contributed by atoms with Gasteiger partial charge < -0.3 is 0 Å². The Bertz CT molecular complexity index is 189. The maximum atomic E-state index is 10.4. The van der Waals surface area contributed by atoms with Crippen LogP contribution in [0.2, 0.25) is 0 Å². The largest absolute Gasteiger partial charge is 0.302 e. The van der Waals surface area contributed by atoms with Gasteiger partial charge in [0.1, 0.15) is 17.8 Å². The number of carbonyl (C=O) groups excluding carboxylic acids is 2. The first-order chi connectivity index (χ1) is 4.20. The Kier molecular flexibility index (Phi) is 1.58. The van der Waals surface area contributed by atoms with Gasteiger partial charge in [0.25, 0.3) is 0 Å². The maximum absolute atomic E-state index is 10.4. The van der Waals surface area contributed by atoms with Gasteiger partial charge in [-0.2, -0.15) is 0 Å². The Labute approximate surface area is 53.6 Å². The van der Waals surface area contributed by atoms with E-state index in [1.807, 2.05) is 4.72 Å². The van der Waals surface area contributed by atoms with Gasteiger partial charge in [-0.05, 0) is 0 Å². The molecule has 50 valence electrons. The van der Waals surface area contributed by atoms with E-state index < -0.39 is 22.8 Å². The van der Waals surface area contributed by atoms with Gasteiger partial charge in [0.05, 0.1) is 0 Å². The van der Waals surface area contributed by atoms with Crippen LogP contribution in [0, 0.1) is 4.78 Å². The van der Waals surface area contributed by atoms with E-state index in [1.54, 1.807) is 0 Å². The normalized spacial score (nSPS) is 27.8. The lowest BCUT2D eigenvalue weighted by Gasteiger charge is -2.10. The lowest BCUT2D eigenvalue weighted by Crippen LogP contribution is -2.40. The Hall–Kier alpha value is -0.750. The summed E-state index contributed by atoms with van der Waals surface area (Å²) in [6.45, 7) is -0.265. The van der Waals surface area contributed by atoms with Crippen molar-refractivity contribution in [1.29, 1.82) is 4.78 Å². The summed E-state index contributed by atoms with van der Waals surface area (Å²) < 4.78 is 13.3. The van der Waals surface area contributed by atoms with Crippen molar-refractivity contribution >= 4 is 22.8 Å². The van der Waals surface area contributed by atoms with Crippen molar-refractivity contribution in [3.8, 4) is 0 Å². The minimum Gasteiger partial charge on any atom is -0.286 e. The predicted octanol–water partition coefficient (Wildman–Crippen LogP) is -1.09. The molecule has 1 amide bonds. The van der Waals surface area contributed by atoms with Gasteiger partial charge in [-0.1, -0.05) is 0 Å². The molecular formula is C3H4N2O3S. The molecule has 0 bridgehead atoms. The fourth-order valence-electron chi connectivity index (χ4n) is 0.349. The first-order valence-corrected chi connectivity index (χ1v) is 3.28. The number of amides is 1. The number of hydrogen-bond donors (Lipinski definition) is 2. The molecule has 0 aromatic heterocycles. The second-order valence-electron chi connectivity index (χ2n) is 1.39. The number of hydrogen-bond acceptors (Lipinski definition) is 4. The average molecular weight is 148 g/mol. The van der Waals surface area contributed by atoms with Crippen LogP contribution in [0.4, 0.5) is 0 Å². The van der Waals surface area contributed by atoms with Crippen LogP contribution in [-0.4, -0.2) is 18.3 Å². The molecule has 0 aliphatic carbocycles. The fourth-order valence-corrected chi connectivity index (χ4v) is 0.915. The van der Waals surface area contributed by atoms with E-state index in [1.165, 1.54) is 0 Å². The molecule has 1 heterocycles. The molecule has 1 aliphatic rings. The van der Waals surface area contributed by atoms with Crippen LogP contribution in [-0.2, 0) is 24.9 Å². The van der Waals surface area contributed by atoms with E-state index in [0.29, 0.717) is 0 Å². The highest BCUT2D eigenvalue weighted by Gasteiger charge is 2.20. The van der Waals surface area contributed by atoms with Crippen molar-refractivity contribution in [2.75, 3.05) is 6.61 Å². The molecule has 1 atom stereocenters. The Morgan fingerprint density at radius 1 is 1.67 bits per heavy atom. The second-order valence-corrected chi connectivity index (χ2v) is 2.36. The van der Waals surface area contributed by atoms with E-state index in [0.717, 1.165) is 0 Å². The van der Waals surface area contributed by atoms with Crippen molar-refractivity contribution < 1.29 is 13.8 Å². The van der Waals surface area contributed by atoms with Gasteiger partial charge in [0, 0.05) is 0 Å². The van der Waals surface area contributed by atoms with Crippen LogP contribution < -0.4 is 4.72 Å². The Morgan fingerprint density at radius 2 is 2.33 bits per heavy atom. The van der Waals surface area contributed by atoms with Gasteiger partial charge in [-0.25, -0.2) is 4.78 Å².